The van der Waals surface area contributed by atoms with Crippen molar-refractivity contribution in [1.82, 2.24) is 10.6 Å². The highest BCUT2D eigenvalue weighted by Gasteiger charge is 2.22. The molecule has 6 heteroatoms. The van der Waals surface area contributed by atoms with E-state index in [0.717, 1.165) is 0 Å². The Bertz CT molecular complexity index is 456. The van der Waals surface area contributed by atoms with E-state index in [0.29, 0.717) is 12.8 Å². The summed E-state index contributed by atoms with van der Waals surface area (Å²) in [5.41, 5.74) is -0.967. The average Bonchev–Trinajstić information content (AvgIpc) is 2.48. The van der Waals surface area contributed by atoms with Crippen molar-refractivity contribution in [3.8, 4) is 0 Å². The normalized spacial score (nSPS) is 11.3. The van der Waals surface area contributed by atoms with E-state index in [1.54, 1.807) is 0 Å². The van der Waals surface area contributed by atoms with Gasteiger partial charge in [0.2, 0.25) is 0 Å². The summed E-state index contributed by atoms with van der Waals surface area (Å²) in [4.78, 5) is 11.6. The van der Waals surface area contributed by atoms with Gasteiger partial charge in [-0.1, -0.05) is 19.9 Å². The monoisotopic (exact) mass is 300 g/mol. The number of halogens is 2. The fraction of sp³-hybridized carbons (Fsp3) is 0.533. The Morgan fingerprint density at radius 3 is 2.29 bits per heavy atom. The van der Waals surface area contributed by atoms with Crippen LogP contribution in [-0.4, -0.2) is 29.8 Å². The maximum atomic E-state index is 13.4. The van der Waals surface area contributed by atoms with Crippen molar-refractivity contribution in [3.63, 3.8) is 0 Å². The van der Waals surface area contributed by atoms with Crippen molar-refractivity contribution in [2.45, 2.75) is 38.7 Å². The molecule has 0 atom stereocenters. The molecule has 0 spiro atoms. The summed E-state index contributed by atoms with van der Waals surface area (Å²) in [5, 5.41) is 15.1. The second-order valence-corrected chi connectivity index (χ2v) is 4.99. The van der Waals surface area contributed by atoms with E-state index >= 15 is 0 Å². The van der Waals surface area contributed by atoms with Crippen molar-refractivity contribution in [3.05, 3.63) is 35.4 Å². The number of nitrogens with one attached hydrogen (secondary N) is 2. The van der Waals surface area contributed by atoms with Crippen LogP contribution in [0.25, 0.3) is 0 Å². The molecular formula is C15H22F2N2O2. The van der Waals surface area contributed by atoms with Gasteiger partial charge < -0.3 is 15.7 Å². The molecule has 0 saturated heterocycles. The van der Waals surface area contributed by atoms with Crippen molar-refractivity contribution in [1.29, 1.82) is 0 Å². The molecule has 3 N–H and O–H groups in total. The van der Waals surface area contributed by atoms with Gasteiger partial charge in [-0.3, -0.25) is 0 Å². The molecule has 0 radical (unpaired) electrons. The van der Waals surface area contributed by atoms with Crippen LogP contribution < -0.4 is 10.6 Å². The standard InChI is InChI=1S/C15H22F2N2O2/c1-3-15(21,4-2)10-19-14(20)18-9-8-11-12(16)6-5-7-13(11)17/h5-7,21H,3-4,8-10H2,1-2H3,(H2,18,19,20). The summed E-state index contributed by atoms with van der Waals surface area (Å²) in [7, 11) is 0. The van der Waals surface area contributed by atoms with Crippen LogP contribution in [0.4, 0.5) is 13.6 Å². The zero-order chi connectivity index (χ0) is 15.9. The number of urea groups is 1. The van der Waals surface area contributed by atoms with Gasteiger partial charge in [0.15, 0.2) is 0 Å². The minimum absolute atomic E-state index is 0.0450. The van der Waals surface area contributed by atoms with Crippen LogP contribution in [0.5, 0.6) is 0 Å². The summed E-state index contributed by atoms with van der Waals surface area (Å²) in [6, 6.07) is 3.19. The molecule has 118 valence electrons. The Morgan fingerprint density at radius 1 is 1.19 bits per heavy atom. The minimum atomic E-state index is -0.922. The Labute approximate surface area is 123 Å². The summed E-state index contributed by atoms with van der Waals surface area (Å²) >= 11 is 0. The van der Waals surface area contributed by atoms with E-state index in [1.165, 1.54) is 18.2 Å². The first kappa shape index (κ1) is 17.4. The summed E-state index contributed by atoms with van der Waals surface area (Å²) in [6.07, 6.45) is 1.13. The van der Waals surface area contributed by atoms with Gasteiger partial charge in [-0.05, 0) is 31.4 Å². The van der Waals surface area contributed by atoms with Crippen molar-refractivity contribution < 1.29 is 18.7 Å². The largest absolute Gasteiger partial charge is 0.388 e. The second kappa shape index (κ2) is 7.93. The molecule has 0 saturated carbocycles. The lowest BCUT2D eigenvalue weighted by Gasteiger charge is -2.25. The summed E-state index contributed by atoms with van der Waals surface area (Å²) < 4.78 is 26.7. The molecule has 0 bridgehead atoms. The van der Waals surface area contributed by atoms with Gasteiger partial charge in [0.25, 0.3) is 0 Å². The Morgan fingerprint density at radius 2 is 1.76 bits per heavy atom. The number of amides is 2. The highest BCUT2D eigenvalue weighted by Crippen LogP contribution is 2.13. The number of rotatable bonds is 7. The van der Waals surface area contributed by atoms with E-state index in [9.17, 15) is 18.7 Å². The first-order valence-corrected chi connectivity index (χ1v) is 7.09. The molecular weight excluding hydrogens is 278 g/mol. The van der Waals surface area contributed by atoms with Crippen LogP contribution >= 0.6 is 0 Å². The van der Waals surface area contributed by atoms with Crippen molar-refractivity contribution >= 4 is 6.03 Å². The number of carbonyl (C=O) groups is 1. The number of hydrogen-bond donors (Lipinski definition) is 3. The lowest BCUT2D eigenvalue weighted by molar-refractivity contribution is 0.0349. The van der Waals surface area contributed by atoms with Crippen molar-refractivity contribution in [2.24, 2.45) is 0 Å². The molecule has 0 fully saturated rings. The molecule has 2 amide bonds. The highest BCUT2D eigenvalue weighted by atomic mass is 19.1. The molecule has 0 aliphatic rings. The van der Waals surface area contributed by atoms with Crippen LogP contribution in [-0.2, 0) is 6.42 Å². The third-order valence-corrected chi connectivity index (χ3v) is 3.62. The first-order valence-electron chi connectivity index (χ1n) is 7.09. The van der Waals surface area contributed by atoms with Gasteiger partial charge in [0.05, 0.1) is 5.60 Å². The summed E-state index contributed by atoms with van der Waals surface area (Å²) in [5.74, 6) is -1.24. The second-order valence-electron chi connectivity index (χ2n) is 4.99. The van der Waals surface area contributed by atoms with E-state index in [2.05, 4.69) is 10.6 Å². The number of hydrogen-bond acceptors (Lipinski definition) is 2. The molecule has 4 nitrogen and oxygen atoms in total. The van der Waals surface area contributed by atoms with Gasteiger partial charge in [-0.2, -0.15) is 0 Å². The predicted molar refractivity (Wildman–Crippen MR) is 77.0 cm³/mol. The van der Waals surface area contributed by atoms with Gasteiger partial charge >= 0.3 is 6.03 Å². The van der Waals surface area contributed by atoms with E-state index in [4.69, 9.17) is 0 Å². The molecule has 1 rings (SSSR count). The zero-order valence-corrected chi connectivity index (χ0v) is 12.4. The van der Waals surface area contributed by atoms with E-state index in [-0.39, 0.29) is 25.1 Å². The Hall–Kier alpha value is -1.69. The zero-order valence-electron chi connectivity index (χ0n) is 12.4. The maximum absolute atomic E-state index is 13.4. The number of carbonyl (C=O) groups excluding carboxylic acids is 1. The highest BCUT2D eigenvalue weighted by molar-refractivity contribution is 5.73. The van der Waals surface area contributed by atoms with Crippen LogP contribution in [0.1, 0.15) is 32.3 Å². The first-order chi connectivity index (χ1) is 9.91. The summed E-state index contributed by atoms with van der Waals surface area (Å²) in [6.45, 7) is 3.92. The van der Waals surface area contributed by atoms with E-state index in [1.807, 2.05) is 13.8 Å². The quantitative estimate of drug-likeness (QED) is 0.724. The average molecular weight is 300 g/mol. The molecule has 0 heterocycles. The van der Waals surface area contributed by atoms with Crippen LogP contribution in [0.3, 0.4) is 0 Å². The SMILES string of the molecule is CCC(O)(CC)CNC(=O)NCCc1c(F)cccc1F. The lowest BCUT2D eigenvalue weighted by atomic mass is 9.98. The molecule has 1 aromatic rings. The smallest absolute Gasteiger partial charge is 0.314 e. The number of benzene rings is 1. The Balaban J connectivity index is 2.37. The van der Waals surface area contributed by atoms with Crippen LogP contribution in [0.2, 0.25) is 0 Å². The Kier molecular flexibility index (Phi) is 6.55. The van der Waals surface area contributed by atoms with Gasteiger partial charge in [-0.25, -0.2) is 13.6 Å². The number of aliphatic hydroxyl groups is 1. The molecule has 0 aliphatic heterocycles. The fourth-order valence-corrected chi connectivity index (χ4v) is 1.88. The van der Waals surface area contributed by atoms with Gasteiger partial charge in [0, 0.05) is 18.7 Å². The molecule has 21 heavy (non-hydrogen) atoms. The fourth-order valence-electron chi connectivity index (χ4n) is 1.88. The molecule has 0 aromatic heterocycles. The molecule has 0 aliphatic carbocycles. The van der Waals surface area contributed by atoms with Crippen LogP contribution in [0.15, 0.2) is 18.2 Å². The van der Waals surface area contributed by atoms with Crippen molar-refractivity contribution in [2.75, 3.05) is 13.1 Å². The predicted octanol–water partition coefficient (Wildman–Crippen LogP) is 2.36. The van der Waals surface area contributed by atoms with Gasteiger partial charge in [-0.15, -0.1) is 0 Å². The topological polar surface area (TPSA) is 61.4 Å². The third kappa shape index (κ3) is 5.30. The molecule has 1 aromatic carbocycles. The third-order valence-electron chi connectivity index (χ3n) is 3.62. The van der Waals surface area contributed by atoms with Crippen LogP contribution in [0, 0.1) is 11.6 Å². The van der Waals surface area contributed by atoms with Gasteiger partial charge in [0.1, 0.15) is 11.6 Å². The minimum Gasteiger partial charge on any atom is -0.388 e. The maximum Gasteiger partial charge on any atom is 0.314 e. The molecule has 0 unspecified atom stereocenters. The van der Waals surface area contributed by atoms with E-state index < -0.39 is 23.3 Å². The lowest BCUT2D eigenvalue weighted by Crippen LogP contribution is -2.46.